The molecule has 2 aliphatic rings. The van der Waals surface area contributed by atoms with E-state index in [0.29, 0.717) is 12.5 Å². The summed E-state index contributed by atoms with van der Waals surface area (Å²) in [7, 11) is 0. The standard InChI is InChI=1S/C18H32N2O3/c1-2-20(13-18(22)23)16-11-15(12-16)19-17(21)10-6-9-14-7-4-3-5-8-14/h14-16H,2-13H2,1H3,(H,19,21)(H,22,23). The Labute approximate surface area is 139 Å². The number of carboxylic acids is 1. The van der Waals surface area contributed by atoms with E-state index in [2.05, 4.69) is 5.32 Å². The Bertz CT molecular complexity index is 388. The Morgan fingerprint density at radius 2 is 1.87 bits per heavy atom. The van der Waals surface area contributed by atoms with Gasteiger partial charge in [-0.05, 0) is 38.1 Å². The number of hydrogen-bond donors (Lipinski definition) is 2. The quantitative estimate of drug-likeness (QED) is 0.684. The van der Waals surface area contributed by atoms with Crippen molar-refractivity contribution < 1.29 is 14.7 Å². The second-order valence-corrected chi connectivity index (χ2v) is 7.24. The molecule has 5 nitrogen and oxygen atoms in total. The average molecular weight is 324 g/mol. The van der Waals surface area contributed by atoms with Gasteiger partial charge in [0.05, 0.1) is 6.54 Å². The van der Waals surface area contributed by atoms with Crippen molar-refractivity contribution in [3.05, 3.63) is 0 Å². The summed E-state index contributed by atoms with van der Waals surface area (Å²) in [5, 5.41) is 12.0. The average Bonchev–Trinajstić information content (AvgIpc) is 2.49. The fraction of sp³-hybridized carbons (Fsp3) is 0.889. The number of nitrogens with zero attached hydrogens (tertiary/aromatic N) is 1. The summed E-state index contributed by atoms with van der Waals surface area (Å²) >= 11 is 0. The number of likely N-dealkylation sites (N-methyl/N-ethyl adjacent to an activating group) is 1. The number of carboxylic acid groups (broad SMARTS) is 1. The largest absolute Gasteiger partial charge is 0.480 e. The second-order valence-electron chi connectivity index (χ2n) is 7.24. The molecule has 0 atom stereocenters. The molecule has 0 unspecified atom stereocenters. The van der Waals surface area contributed by atoms with Crippen molar-refractivity contribution >= 4 is 11.9 Å². The number of carbonyl (C=O) groups excluding carboxylic acids is 1. The molecule has 0 radical (unpaired) electrons. The third-order valence-corrected chi connectivity index (χ3v) is 5.48. The van der Waals surface area contributed by atoms with Crippen LogP contribution in [0.15, 0.2) is 0 Å². The first kappa shape index (κ1) is 18.2. The first-order valence-corrected chi connectivity index (χ1v) is 9.33. The first-order valence-electron chi connectivity index (χ1n) is 9.33. The fourth-order valence-electron chi connectivity index (χ4n) is 4.00. The van der Waals surface area contributed by atoms with Crippen LogP contribution < -0.4 is 5.32 Å². The molecule has 0 spiro atoms. The van der Waals surface area contributed by atoms with Crippen LogP contribution in [0.25, 0.3) is 0 Å². The van der Waals surface area contributed by atoms with Crippen LogP contribution in [0.3, 0.4) is 0 Å². The van der Waals surface area contributed by atoms with Crippen molar-refractivity contribution in [1.82, 2.24) is 10.2 Å². The van der Waals surface area contributed by atoms with Crippen LogP contribution in [0.2, 0.25) is 0 Å². The Morgan fingerprint density at radius 1 is 1.17 bits per heavy atom. The maximum atomic E-state index is 12.0. The van der Waals surface area contributed by atoms with Crippen LogP contribution in [-0.2, 0) is 9.59 Å². The Morgan fingerprint density at radius 3 is 2.48 bits per heavy atom. The van der Waals surface area contributed by atoms with E-state index in [9.17, 15) is 9.59 Å². The lowest BCUT2D eigenvalue weighted by atomic mass is 9.84. The Kier molecular flexibility index (Phi) is 7.34. The predicted molar refractivity (Wildman–Crippen MR) is 90.3 cm³/mol. The zero-order valence-corrected chi connectivity index (χ0v) is 14.4. The van der Waals surface area contributed by atoms with Gasteiger partial charge in [-0.2, -0.15) is 0 Å². The minimum absolute atomic E-state index is 0.100. The van der Waals surface area contributed by atoms with E-state index < -0.39 is 5.97 Å². The van der Waals surface area contributed by atoms with E-state index in [1.165, 1.54) is 38.5 Å². The molecule has 2 rings (SSSR count). The van der Waals surface area contributed by atoms with Gasteiger partial charge in [-0.3, -0.25) is 14.5 Å². The normalized spacial score (nSPS) is 25.1. The van der Waals surface area contributed by atoms with Gasteiger partial charge in [0.1, 0.15) is 0 Å². The van der Waals surface area contributed by atoms with Crippen LogP contribution >= 0.6 is 0 Å². The summed E-state index contributed by atoms with van der Waals surface area (Å²) in [5.41, 5.74) is 0. The van der Waals surface area contributed by atoms with Crippen molar-refractivity contribution in [1.29, 1.82) is 0 Å². The number of amides is 1. The van der Waals surface area contributed by atoms with E-state index >= 15 is 0 Å². The highest BCUT2D eigenvalue weighted by Crippen LogP contribution is 2.28. The van der Waals surface area contributed by atoms with Gasteiger partial charge in [0.15, 0.2) is 0 Å². The molecule has 2 aliphatic carbocycles. The lowest BCUT2D eigenvalue weighted by Gasteiger charge is -2.42. The van der Waals surface area contributed by atoms with Gasteiger partial charge in [-0.25, -0.2) is 0 Å². The molecular weight excluding hydrogens is 292 g/mol. The lowest BCUT2D eigenvalue weighted by Crippen LogP contribution is -2.54. The molecule has 23 heavy (non-hydrogen) atoms. The molecule has 2 saturated carbocycles. The maximum Gasteiger partial charge on any atom is 0.317 e. The number of nitrogens with one attached hydrogen (secondary N) is 1. The first-order chi connectivity index (χ1) is 11.1. The molecule has 0 aromatic rings. The SMILES string of the molecule is CCN(CC(=O)O)C1CC(NC(=O)CCCC2CCCCC2)C1. The molecule has 0 aliphatic heterocycles. The second kappa shape index (κ2) is 9.26. The van der Waals surface area contributed by atoms with Crippen LogP contribution in [-0.4, -0.2) is 47.1 Å². The molecule has 0 saturated heterocycles. The van der Waals surface area contributed by atoms with Crippen LogP contribution in [0, 0.1) is 5.92 Å². The minimum Gasteiger partial charge on any atom is -0.480 e. The molecule has 132 valence electrons. The predicted octanol–water partition coefficient (Wildman–Crippen LogP) is 2.79. The summed E-state index contributed by atoms with van der Waals surface area (Å²) in [4.78, 5) is 24.8. The highest BCUT2D eigenvalue weighted by molar-refractivity contribution is 5.76. The van der Waals surface area contributed by atoms with Crippen molar-refractivity contribution in [3.8, 4) is 0 Å². The van der Waals surface area contributed by atoms with Gasteiger partial charge < -0.3 is 10.4 Å². The third kappa shape index (κ3) is 6.13. The molecule has 0 aromatic carbocycles. The maximum absolute atomic E-state index is 12.0. The number of rotatable bonds is 9. The zero-order valence-electron chi connectivity index (χ0n) is 14.4. The summed E-state index contributed by atoms with van der Waals surface area (Å²) < 4.78 is 0. The molecule has 0 bridgehead atoms. The topological polar surface area (TPSA) is 69.6 Å². The Balaban J connectivity index is 1.55. The van der Waals surface area contributed by atoms with E-state index in [1.54, 1.807) is 0 Å². The molecule has 0 aromatic heterocycles. The van der Waals surface area contributed by atoms with Gasteiger partial charge in [-0.15, -0.1) is 0 Å². The number of hydrogen-bond acceptors (Lipinski definition) is 3. The molecule has 1 amide bonds. The van der Waals surface area contributed by atoms with Gasteiger partial charge in [0, 0.05) is 18.5 Å². The fourth-order valence-corrected chi connectivity index (χ4v) is 4.00. The van der Waals surface area contributed by atoms with Crippen molar-refractivity contribution in [2.24, 2.45) is 5.92 Å². The van der Waals surface area contributed by atoms with E-state index in [4.69, 9.17) is 5.11 Å². The molecule has 2 N–H and O–H groups in total. The van der Waals surface area contributed by atoms with Gasteiger partial charge >= 0.3 is 5.97 Å². The van der Waals surface area contributed by atoms with Crippen LogP contribution in [0.4, 0.5) is 0 Å². The van der Waals surface area contributed by atoms with Gasteiger partial charge in [-0.1, -0.05) is 39.0 Å². The summed E-state index contributed by atoms with van der Waals surface area (Å²) in [6, 6.07) is 0.550. The molecule has 5 heteroatoms. The van der Waals surface area contributed by atoms with Gasteiger partial charge in [0.25, 0.3) is 0 Å². The third-order valence-electron chi connectivity index (χ3n) is 5.48. The van der Waals surface area contributed by atoms with E-state index in [0.717, 1.165) is 31.7 Å². The van der Waals surface area contributed by atoms with Crippen molar-refractivity contribution in [2.75, 3.05) is 13.1 Å². The molecule has 2 fully saturated rings. The van der Waals surface area contributed by atoms with Crippen molar-refractivity contribution in [2.45, 2.75) is 83.2 Å². The summed E-state index contributed by atoms with van der Waals surface area (Å²) in [6.45, 7) is 2.84. The highest BCUT2D eigenvalue weighted by atomic mass is 16.4. The minimum atomic E-state index is -0.776. The lowest BCUT2D eigenvalue weighted by molar-refractivity contribution is -0.139. The molecule has 0 heterocycles. The van der Waals surface area contributed by atoms with Crippen LogP contribution in [0.5, 0.6) is 0 Å². The molecular formula is C18H32N2O3. The smallest absolute Gasteiger partial charge is 0.317 e. The highest BCUT2D eigenvalue weighted by Gasteiger charge is 2.34. The summed E-state index contributed by atoms with van der Waals surface area (Å²) in [5.74, 6) is 0.242. The number of aliphatic carboxylic acids is 1. The monoisotopic (exact) mass is 324 g/mol. The van der Waals surface area contributed by atoms with E-state index in [-0.39, 0.29) is 18.5 Å². The van der Waals surface area contributed by atoms with Gasteiger partial charge in [0.2, 0.25) is 5.91 Å². The van der Waals surface area contributed by atoms with E-state index in [1.807, 2.05) is 11.8 Å². The zero-order chi connectivity index (χ0) is 16.7. The van der Waals surface area contributed by atoms with Crippen LogP contribution in [0.1, 0.15) is 71.1 Å². The number of carbonyl (C=O) groups is 2. The van der Waals surface area contributed by atoms with Crippen molar-refractivity contribution in [3.63, 3.8) is 0 Å². The summed E-state index contributed by atoms with van der Waals surface area (Å²) in [6.07, 6.45) is 11.4. The Hall–Kier alpha value is -1.10.